The van der Waals surface area contributed by atoms with Crippen LogP contribution in [0.4, 0.5) is 0 Å². The second kappa shape index (κ2) is 5.12. The van der Waals surface area contributed by atoms with Crippen molar-refractivity contribution in [1.82, 2.24) is 9.78 Å². The van der Waals surface area contributed by atoms with E-state index in [1.165, 1.54) is 12.0 Å². The summed E-state index contributed by atoms with van der Waals surface area (Å²) in [5.41, 5.74) is 4.61. The van der Waals surface area contributed by atoms with Gasteiger partial charge in [-0.05, 0) is 49.7 Å². The van der Waals surface area contributed by atoms with Gasteiger partial charge in [0.2, 0.25) is 0 Å². The number of allylic oxidation sites excluding steroid dienone is 4. The Labute approximate surface area is 136 Å². The summed E-state index contributed by atoms with van der Waals surface area (Å²) in [7, 11) is 0. The molecule has 1 saturated carbocycles. The number of benzene rings is 1. The first-order valence-electron chi connectivity index (χ1n) is 8.61. The van der Waals surface area contributed by atoms with Gasteiger partial charge in [-0.15, -0.1) is 0 Å². The lowest BCUT2D eigenvalue weighted by molar-refractivity contribution is 0.316. The summed E-state index contributed by atoms with van der Waals surface area (Å²) in [6, 6.07) is 10.4. The Morgan fingerprint density at radius 2 is 2.00 bits per heavy atom. The van der Waals surface area contributed by atoms with Crippen LogP contribution in [0, 0.1) is 11.8 Å². The van der Waals surface area contributed by atoms with Crippen LogP contribution in [-0.2, 0) is 6.42 Å². The van der Waals surface area contributed by atoms with Crippen molar-refractivity contribution in [3.8, 4) is 11.4 Å². The van der Waals surface area contributed by atoms with Gasteiger partial charge in [0, 0.05) is 5.57 Å². The van der Waals surface area contributed by atoms with Crippen LogP contribution in [0.15, 0.2) is 48.6 Å². The molecule has 23 heavy (non-hydrogen) atoms. The molecule has 2 aromatic rings. The van der Waals surface area contributed by atoms with Crippen LogP contribution >= 0.6 is 0 Å². The summed E-state index contributed by atoms with van der Waals surface area (Å²) in [5, 5.41) is 4.91. The third-order valence-electron chi connectivity index (χ3n) is 5.05. The number of nitrogens with zero attached hydrogens (tertiary/aromatic N) is 2. The zero-order chi connectivity index (χ0) is 15.2. The Morgan fingerprint density at radius 1 is 1.09 bits per heavy atom. The molecule has 0 radical (unpaired) electrons. The molecule has 3 nitrogen and oxygen atoms in total. The van der Waals surface area contributed by atoms with E-state index in [9.17, 15) is 0 Å². The van der Waals surface area contributed by atoms with Crippen molar-refractivity contribution in [2.24, 2.45) is 11.8 Å². The van der Waals surface area contributed by atoms with Crippen molar-refractivity contribution in [3.63, 3.8) is 0 Å². The molecule has 3 aliphatic rings. The van der Waals surface area contributed by atoms with E-state index in [-0.39, 0.29) is 0 Å². The van der Waals surface area contributed by atoms with Gasteiger partial charge < -0.3 is 4.74 Å². The van der Waals surface area contributed by atoms with Gasteiger partial charge in [0.15, 0.2) is 5.75 Å². The van der Waals surface area contributed by atoms with Gasteiger partial charge in [-0.2, -0.15) is 5.10 Å². The monoisotopic (exact) mass is 304 g/mol. The quantitative estimate of drug-likeness (QED) is 0.832. The largest absolute Gasteiger partial charge is 0.489 e. The summed E-state index contributed by atoms with van der Waals surface area (Å²) in [5.74, 6) is 2.49. The van der Waals surface area contributed by atoms with Crippen LogP contribution in [0.3, 0.4) is 0 Å². The van der Waals surface area contributed by atoms with Gasteiger partial charge >= 0.3 is 0 Å². The number of ether oxygens (including phenoxy) is 1. The van der Waals surface area contributed by atoms with E-state index >= 15 is 0 Å². The SMILES string of the molecule is C1=CC2CC2C=C1c1c2c(nn1-c1ccccc1)CCCCO2. The summed E-state index contributed by atoms with van der Waals surface area (Å²) >= 11 is 0. The minimum absolute atomic E-state index is 0.718. The highest BCUT2D eigenvalue weighted by Gasteiger charge is 2.36. The topological polar surface area (TPSA) is 27.1 Å². The first-order chi connectivity index (χ1) is 11.4. The predicted molar refractivity (Wildman–Crippen MR) is 90.7 cm³/mol. The summed E-state index contributed by atoms with van der Waals surface area (Å²) in [6.07, 6.45) is 11.6. The summed E-state index contributed by atoms with van der Waals surface area (Å²) in [6.45, 7) is 0.795. The van der Waals surface area contributed by atoms with E-state index in [0.29, 0.717) is 0 Å². The number of hydrogen-bond donors (Lipinski definition) is 0. The van der Waals surface area contributed by atoms with E-state index in [4.69, 9.17) is 9.84 Å². The fourth-order valence-corrected chi connectivity index (χ4v) is 3.66. The summed E-state index contributed by atoms with van der Waals surface area (Å²) in [4.78, 5) is 0. The molecule has 0 saturated heterocycles. The molecule has 0 spiro atoms. The molecular formula is C20H20N2O. The molecule has 2 atom stereocenters. The fourth-order valence-electron chi connectivity index (χ4n) is 3.66. The number of aryl methyl sites for hydroxylation is 1. The van der Waals surface area contributed by atoms with Crippen LogP contribution in [0.25, 0.3) is 11.3 Å². The summed E-state index contributed by atoms with van der Waals surface area (Å²) < 4.78 is 8.20. The first-order valence-corrected chi connectivity index (χ1v) is 8.61. The van der Waals surface area contributed by atoms with Crippen LogP contribution in [-0.4, -0.2) is 16.4 Å². The molecule has 2 unspecified atom stereocenters. The Hall–Kier alpha value is -2.29. The highest BCUT2D eigenvalue weighted by atomic mass is 16.5. The predicted octanol–water partition coefficient (Wildman–Crippen LogP) is 4.18. The third-order valence-corrected chi connectivity index (χ3v) is 5.05. The van der Waals surface area contributed by atoms with Crippen LogP contribution in [0.2, 0.25) is 0 Å². The molecule has 5 rings (SSSR count). The van der Waals surface area contributed by atoms with Crippen LogP contribution < -0.4 is 4.74 Å². The zero-order valence-corrected chi connectivity index (χ0v) is 13.1. The lowest BCUT2D eigenvalue weighted by atomic mass is 10.0. The second-order valence-corrected chi connectivity index (χ2v) is 6.72. The maximum atomic E-state index is 6.13. The average molecular weight is 304 g/mol. The Bertz CT molecular complexity index is 801. The van der Waals surface area contributed by atoms with Gasteiger partial charge in [-0.3, -0.25) is 0 Å². The van der Waals surface area contributed by atoms with Crippen molar-refractivity contribution in [1.29, 1.82) is 0 Å². The molecule has 2 aliphatic carbocycles. The number of aromatic nitrogens is 2. The molecule has 3 heteroatoms. The minimum atomic E-state index is 0.718. The van der Waals surface area contributed by atoms with Crippen molar-refractivity contribution >= 4 is 5.57 Å². The van der Waals surface area contributed by atoms with E-state index < -0.39 is 0 Å². The highest BCUT2D eigenvalue weighted by Crippen LogP contribution is 2.47. The van der Waals surface area contributed by atoms with Crippen molar-refractivity contribution in [3.05, 3.63) is 59.9 Å². The lowest BCUT2D eigenvalue weighted by Gasteiger charge is -2.13. The second-order valence-electron chi connectivity index (χ2n) is 6.72. The van der Waals surface area contributed by atoms with Gasteiger partial charge in [0.05, 0.1) is 12.3 Å². The molecule has 0 amide bonds. The van der Waals surface area contributed by atoms with Gasteiger partial charge in [0.25, 0.3) is 0 Å². The Balaban J connectivity index is 1.70. The maximum Gasteiger partial charge on any atom is 0.168 e. The van der Waals surface area contributed by atoms with Crippen molar-refractivity contribution in [2.75, 3.05) is 6.61 Å². The van der Waals surface area contributed by atoms with Gasteiger partial charge in [0.1, 0.15) is 11.4 Å². The molecule has 1 fully saturated rings. The van der Waals surface area contributed by atoms with Crippen molar-refractivity contribution in [2.45, 2.75) is 25.7 Å². The van der Waals surface area contributed by atoms with Crippen molar-refractivity contribution < 1.29 is 4.74 Å². The average Bonchev–Trinajstić information content (AvgIpc) is 3.34. The lowest BCUT2D eigenvalue weighted by Crippen LogP contribution is -2.05. The zero-order valence-electron chi connectivity index (χ0n) is 13.1. The molecule has 116 valence electrons. The molecular weight excluding hydrogens is 284 g/mol. The van der Waals surface area contributed by atoms with E-state index in [1.54, 1.807) is 0 Å². The van der Waals surface area contributed by atoms with E-state index in [1.807, 2.05) is 6.07 Å². The molecule has 0 N–H and O–H groups in total. The number of hydrogen-bond acceptors (Lipinski definition) is 2. The molecule has 0 bridgehead atoms. The molecule has 1 aliphatic heterocycles. The van der Waals surface area contributed by atoms with E-state index in [0.717, 1.165) is 60.5 Å². The number of para-hydroxylation sites is 1. The van der Waals surface area contributed by atoms with Gasteiger partial charge in [-0.1, -0.05) is 36.4 Å². The third kappa shape index (κ3) is 2.23. The minimum Gasteiger partial charge on any atom is -0.489 e. The normalized spacial score (nSPS) is 25.0. The number of rotatable bonds is 2. The Morgan fingerprint density at radius 3 is 2.87 bits per heavy atom. The standard InChI is InChI=1S/C20H20N2O/c1-2-6-17(7-3-1)22-19(15-10-9-14-12-16(14)13-15)20-18(21-22)8-4-5-11-23-20/h1-3,6-7,9-10,13-14,16H,4-5,8,11-12H2. The van der Waals surface area contributed by atoms with Crippen LogP contribution in [0.5, 0.6) is 5.75 Å². The van der Waals surface area contributed by atoms with Crippen LogP contribution in [0.1, 0.15) is 30.7 Å². The first kappa shape index (κ1) is 13.2. The Kier molecular flexibility index (Phi) is 2.93. The molecule has 2 heterocycles. The number of fused-ring (bicyclic) bond motifs is 2. The van der Waals surface area contributed by atoms with E-state index in [2.05, 4.69) is 47.2 Å². The van der Waals surface area contributed by atoms with Gasteiger partial charge in [-0.25, -0.2) is 4.68 Å². The fraction of sp³-hybridized carbons (Fsp3) is 0.350. The maximum absolute atomic E-state index is 6.13. The molecule has 1 aromatic carbocycles. The smallest absolute Gasteiger partial charge is 0.168 e. The molecule has 1 aromatic heterocycles. The highest BCUT2D eigenvalue weighted by molar-refractivity contribution is 5.79.